The molecule has 0 saturated carbocycles. The Labute approximate surface area is 346 Å². The summed E-state index contributed by atoms with van der Waals surface area (Å²) in [6.07, 6.45) is 0. The van der Waals surface area contributed by atoms with Gasteiger partial charge in [-0.15, -0.1) is 0 Å². The van der Waals surface area contributed by atoms with E-state index in [1.165, 1.54) is 0 Å². The molecular weight excluding hydrogens is 715 g/mol. The minimum atomic E-state index is 0.485. The first kappa shape index (κ1) is 35.6. The fourth-order valence-electron chi connectivity index (χ4n) is 8.32. The van der Waals surface area contributed by atoms with Crippen LogP contribution in [0.2, 0.25) is 0 Å². The van der Waals surface area contributed by atoms with Gasteiger partial charge in [-0.1, -0.05) is 218 Å². The summed E-state index contributed by atoms with van der Waals surface area (Å²) in [6, 6.07) is 84.5. The molecule has 0 atom stereocenters. The number of nitrogens with zero attached hydrogens (tertiary/aromatic N) is 3. The lowest BCUT2D eigenvalue weighted by Gasteiger charge is -2.29. The van der Waals surface area contributed by atoms with Crippen LogP contribution in [-0.2, 0) is 0 Å². The van der Waals surface area contributed by atoms with Crippen LogP contribution in [0, 0.1) is 0 Å². The molecule has 0 amide bonds. The van der Waals surface area contributed by atoms with Gasteiger partial charge in [-0.25, -0.2) is 5.01 Å². The first-order chi connectivity index (χ1) is 29.3. The SMILES string of the molecule is c1ccc(-c2cc(C3=NN(c4c(-c5ccccc5)cccc4-c4ccccc4)CN3c3c(-c4ccccc4)cccc3-c3ccccc3)cc(-c3ccccc3)c2)cc1. The van der Waals surface area contributed by atoms with Gasteiger partial charge in [-0.2, -0.15) is 5.10 Å². The van der Waals surface area contributed by atoms with Gasteiger partial charge in [0, 0.05) is 27.8 Å². The molecule has 0 saturated heterocycles. The Morgan fingerprint density at radius 2 is 0.576 bits per heavy atom. The molecule has 9 aromatic carbocycles. The van der Waals surface area contributed by atoms with E-state index in [-0.39, 0.29) is 0 Å². The first-order valence-corrected chi connectivity index (χ1v) is 20.2. The second-order valence-corrected chi connectivity index (χ2v) is 14.8. The number of anilines is 2. The second kappa shape index (κ2) is 16.0. The van der Waals surface area contributed by atoms with Gasteiger partial charge in [0.2, 0.25) is 0 Å². The fraction of sp³-hybridized carbons (Fsp3) is 0.0179. The van der Waals surface area contributed by atoms with E-state index in [9.17, 15) is 0 Å². The molecular formula is C56H41N3. The molecule has 0 bridgehead atoms. The van der Waals surface area contributed by atoms with Crippen molar-refractivity contribution in [1.82, 2.24) is 0 Å². The van der Waals surface area contributed by atoms with Gasteiger partial charge in [0.15, 0.2) is 5.84 Å². The van der Waals surface area contributed by atoms with Crippen LogP contribution in [0.1, 0.15) is 5.56 Å². The van der Waals surface area contributed by atoms with Crippen molar-refractivity contribution < 1.29 is 0 Å². The maximum Gasteiger partial charge on any atom is 0.162 e. The van der Waals surface area contributed by atoms with Gasteiger partial charge in [0.05, 0.1) is 11.4 Å². The Morgan fingerprint density at radius 3 is 0.932 bits per heavy atom. The zero-order valence-corrected chi connectivity index (χ0v) is 32.6. The van der Waals surface area contributed by atoms with E-state index in [1.54, 1.807) is 0 Å². The predicted octanol–water partition coefficient (Wildman–Crippen LogP) is 14.3. The molecule has 0 aliphatic carbocycles. The maximum absolute atomic E-state index is 5.77. The van der Waals surface area contributed by atoms with Crippen LogP contribution in [0.15, 0.2) is 242 Å². The Bertz CT molecular complexity index is 2700. The van der Waals surface area contributed by atoms with Gasteiger partial charge in [0.1, 0.15) is 6.67 Å². The molecule has 59 heavy (non-hydrogen) atoms. The lowest BCUT2D eigenvalue weighted by atomic mass is 9.93. The van der Waals surface area contributed by atoms with Crippen LogP contribution >= 0.6 is 0 Å². The third-order valence-electron chi connectivity index (χ3n) is 11.1. The predicted molar refractivity (Wildman–Crippen MR) is 248 cm³/mol. The Morgan fingerprint density at radius 1 is 0.271 bits per heavy atom. The van der Waals surface area contributed by atoms with E-state index in [0.717, 1.165) is 89.5 Å². The first-order valence-electron chi connectivity index (χ1n) is 20.2. The summed E-state index contributed by atoms with van der Waals surface area (Å²) in [4.78, 5) is 2.44. The molecule has 3 nitrogen and oxygen atoms in total. The van der Waals surface area contributed by atoms with Gasteiger partial charge < -0.3 is 4.90 Å². The molecule has 1 aliphatic rings. The summed E-state index contributed by atoms with van der Waals surface area (Å²) in [5.74, 6) is 0.877. The minimum Gasteiger partial charge on any atom is -0.303 e. The lowest BCUT2D eigenvalue weighted by Crippen LogP contribution is -2.32. The minimum absolute atomic E-state index is 0.485. The van der Waals surface area contributed by atoms with Crippen LogP contribution in [0.25, 0.3) is 66.8 Å². The zero-order chi connectivity index (χ0) is 39.4. The standard InChI is InChI=1S/C56H41N3/c1-7-21-41(22-8-1)47-37-48(42-23-9-2-10-24-42)39-49(38-47)56-57-59(55-52(45-29-15-5-16-30-45)35-20-36-53(55)46-31-17-6-18-32-46)40-58(56)54-50(43-25-11-3-12-26-43)33-19-34-51(54)44-27-13-4-14-28-44/h1-39H,40H2. The fourth-order valence-corrected chi connectivity index (χ4v) is 8.32. The number of rotatable bonds is 9. The number of amidine groups is 1. The summed E-state index contributed by atoms with van der Waals surface area (Å²) in [5.41, 5.74) is 16.9. The topological polar surface area (TPSA) is 18.8 Å². The molecule has 1 heterocycles. The molecule has 280 valence electrons. The van der Waals surface area contributed by atoms with Crippen molar-refractivity contribution >= 4 is 17.2 Å². The van der Waals surface area contributed by atoms with Crippen LogP contribution in [0.4, 0.5) is 11.4 Å². The van der Waals surface area contributed by atoms with Gasteiger partial charge in [-0.05, 0) is 62.7 Å². The second-order valence-electron chi connectivity index (χ2n) is 14.8. The zero-order valence-electron chi connectivity index (χ0n) is 32.6. The van der Waals surface area contributed by atoms with Gasteiger partial charge >= 0.3 is 0 Å². The highest BCUT2D eigenvalue weighted by Gasteiger charge is 2.33. The molecule has 10 rings (SSSR count). The van der Waals surface area contributed by atoms with Crippen molar-refractivity contribution in [3.05, 3.63) is 242 Å². The van der Waals surface area contributed by atoms with Gasteiger partial charge in [-0.3, -0.25) is 0 Å². The van der Waals surface area contributed by atoms with Crippen molar-refractivity contribution in [2.75, 3.05) is 16.6 Å². The third-order valence-corrected chi connectivity index (χ3v) is 11.1. The molecule has 0 fully saturated rings. The molecule has 0 N–H and O–H groups in total. The van der Waals surface area contributed by atoms with Crippen LogP contribution in [-0.4, -0.2) is 12.5 Å². The van der Waals surface area contributed by atoms with Crippen molar-refractivity contribution in [2.24, 2.45) is 5.10 Å². The summed E-state index contributed by atoms with van der Waals surface area (Å²) in [7, 11) is 0. The highest BCUT2D eigenvalue weighted by atomic mass is 15.6. The molecule has 3 heteroatoms. The van der Waals surface area contributed by atoms with Gasteiger partial charge in [0.25, 0.3) is 0 Å². The average molecular weight is 756 g/mol. The largest absolute Gasteiger partial charge is 0.303 e. The number of benzene rings is 9. The van der Waals surface area contributed by atoms with E-state index >= 15 is 0 Å². The molecule has 0 spiro atoms. The molecule has 0 unspecified atom stereocenters. The van der Waals surface area contributed by atoms with E-state index in [0.29, 0.717) is 6.67 Å². The van der Waals surface area contributed by atoms with Crippen LogP contribution in [0.5, 0.6) is 0 Å². The highest BCUT2D eigenvalue weighted by molar-refractivity contribution is 6.17. The maximum atomic E-state index is 5.77. The number of hydrogen-bond donors (Lipinski definition) is 0. The number of hydrazone groups is 1. The number of hydrogen-bond acceptors (Lipinski definition) is 3. The quantitative estimate of drug-likeness (QED) is 0.146. The third kappa shape index (κ3) is 7.11. The summed E-state index contributed by atoms with van der Waals surface area (Å²) in [5, 5.41) is 8.00. The van der Waals surface area contributed by atoms with Crippen molar-refractivity contribution in [2.45, 2.75) is 0 Å². The van der Waals surface area contributed by atoms with E-state index < -0.39 is 0 Å². The Kier molecular flexibility index (Phi) is 9.67. The van der Waals surface area contributed by atoms with E-state index in [2.05, 4.69) is 246 Å². The van der Waals surface area contributed by atoms with Crippen LogP contribution < -0.4 is 9.91 Å². The summed E-state index contributed by atoms with van der Waals surface area (Å²) < 4.78 is 0. The van der Waals surface area contributed by atoms with Crippen LogP contribution in [0.3, 0.4) is 0 Å². The molecule has 1 aliphatic heterocycles. The average Bonchev–Trinajstić information content (AvgIpc) is 3.77. The summed E-state index contributed by atoms with van der Waals surface area (Å²) in [6.45, 7) is 0.485. The summed E-state index contributed by atoms with van der Waals surface area (Å²) >= 11 is 0. The Balaban J connectivity index is 1.27. The van der Waals surface area contributed by atoms with Crippen molar-refractivity contribution in [3.8, 4) is 66.8 Å². The van der Waals surface area contributed by atoms with Crippen molar-refractivity contribution in [3.63, 3.8) is 0 Å². The Hall–Kier alpha value is -7.75. The number of para-hydroxylation sites is 2. The monoisotopic (exact) mass is 755 g/mol. The normalized spacial score (nSPS) is 12.4. The van der Waals surface area contributed by atoms with Crippen molar-refractivity contribution in [1.29, 1.82) is 0 Å². The lowest BCUT2D eigenvalue weighted by molar-refractivity contribution is 0.915. The van der Waals surface area contributed by atoms with E-state index in [4.69, 9.17) is 5.10 Å². The molecule has 9 aromatic rings. The molecule has 0 aromatic heterocycles. The smallest absolute Gasteiger partial charge is 0.162 e. The van der Waals surface area contributed by atoms with E-state index in [1.807, 2.05) is 0 Å². The highest BCUT2D eigenvalue weighted by Crippen LogP contribution is 2.46. The molecule has 0 radical (unpaired) electrons.